The molecule has 1 amide bonds. The van der Waals surface area contributed by atoms with Crippen LogP contribution >= 0.6 is 0 Å². The zero-order valence-corrected chi connectivity index (χ0v) is 15.9. The number of hydrogen-bond acceptors (Lipinski definition) is 3. The normalized spacial score (nSPS) is 31.7. The van der Waals surface area contributed by atoms with Crippen LogP contribution in [0.2, 0.25) is 0 Å². The van der Waals surface area contributed by atoms with Gasteiger partial charge in [-0.2, -0.15) is 0 Å². The van der Waals surface area contributed by atoms with E-state index in [1.807, 2.05) is 31.2 Å². The minimum atomic E-state index is -0.239. The van der Waals surface area contributed by atoms with Crippen LogP contribution in [0.15, 0.2) is 24.3 Å². The van der Waals surface area contributed by atoms with Crippen molar-refractivity contribution in [3.8, 4) is 0 Å². The smallest absolute Gasteiger partial charge is 0.307 e. The Morgan fingerprint density at radius 3 is 2.27 bits per heavy atom. The van der Waals surface area contributed by atoms with Crippen molar-refractivity contribution in [1.82, 2.24) is 4.90 Å². The maximum Gasteiger partial charge on any atom is 0.307 e. The molecule has 1 aromatic rings. The Morgan fingerprint density at radius 2 is 1.73 bits per heavy atom. The fourth-order valence-electron chi connectivity index (χ4n) is 6.19. The van der Waals surface area contributed by atoms with E-state index in [4.69, 9.17) is 4.74 Å². The topological polar surface area (TPSA) is 46.6 Å². The summed E-state index contributed by atoms with van der Waals surface area (Å²) >= 11 is 0. The molecule has 4 aliphatic carbocycles. The number of aryl methyl sites for hydroxylation is 1. The zero-order valence-electron chi connectivity index (χ0n) is 15.9. The first kappa shape index (κ1) is 17.6. The molecule has 4 aliphatic rings. The molecular weight excluding hydrogens is 326 g/mol. The standard InChI is InChI=1S/C22H29NO3/c1-15-4-3-5-19(8-15)21(25)23(7-6-20(24)26-2)22-12-16-9-17(13-22)11-18(10-16)14-22/h3-5,8,16-18H,6-7,9-14H2,1-2H3. The summed E-state index contributed by atoms with van der Waals surface area (Å²) in [6.45, 7) is 2.48. The molecule has 4 fully saturated rings. The molecule has 4 saturated carbocycles. The summed E-state index contributed by atoms with van der Waals surface area (Å²) in [5.74, 6) is 2.11. The number of hydrogen-bond donors (Lipinski definition) is 0. The second-order valence-electron chi connectivity index (χ2n) is 8.79. The van der Waals surface area contributed by atoms with E-state index in [0.717, 1.165) is 48.1 Å². The molecule has 4 heteroatoms. The lowest BCUT2D eigenvalue weighted by Crippen LogP contribution is -2.61. The molecule has 0 aliphatic heterocycles. The molecule has 0 atom stereocenters. The Hall–Kier alpha value is -1.84. The van der Waals surface area contributed by atoms with Crippen LogP contribution in [-0.4, -0.2) is 36.0 Å². The lowest BCUT2D eigenvalue weighted by molar-refractivity contribution is -0.141. The molecule has 5 rings (SSSR count). The van der Waals surface area contributed by atoms with Gasteiger partial charge >= 0.3 is 5.97 Å². The van der Waals surface area contributed by atoms with Crippen LogP contribution in [0.1, 0.15) is 60.9 Å². The first-order valence-electron chi connectivity index (χ1n) is 9.94. The van der Waals surface area contributed by atoms with Crippen LogP contribution in [0.5, 0.6) is 0 Å². The van der Waals surface area contributed by atoms with Crippen molar-refractivity contribution in [2.24, 2.45) is 17.8 Å². The summed E-state index contributed by atoms with van der Waals surface area (Å²) in [4.78, 5) is 27.3. The summed E-state index contributed by atoms with van der Waals surface area (Å²) in [6.07, 6.45) is 7.61. The third-order valence-corrected chi connectivity index (χ3v) is 6.86. The van der Waals surface area contributed by atoms with Gasteiger partial charge in [-0.05, 0) is 75.3 Å². The third kappa shape index (κ3) is 3.15. The number of carbonyl (C=O) groups excluding carboxylic acids is 2. The number of esters is 1. The van der Waals surface area contributed by atoms with E-state index in [1.165, 1.54) is 26.4 Å². The predicted octanol–water partition coefficient (Wildman–Crippen LogP) is 3.97. The fraction of sp³-hybridized carbons (Fsp3) is 0.636. The average Bonchev–Trinajstić information content (AvgIpc) is 2.60. The highest BCUT2D eigenvalue weighted by Gasteiger charge is 2.54. The lowest BCUT2D eigenvalue weighted by atomic mass is 9.52. The average molecular weight is 355 g/mol. The van der Waals surface area contributed by atoms with Crippen molar-refractivity contribution in [3.63, 3.8) is 0 Å². The Balaban J connectivity index is 1.64. The van der Waals surface area contributed by atoms with E-state index < -0.39 is 0 Å². The zero-order chi connectivity index (χ0) is 18.3. The quantitative estimate of drug-likeness (QED) is 0.751. The number of amides is 1. The van der Waals surface area contributed by atoms with Gasteiger partial charge in [0, 0.05) is 17.6 Å². The molecule has 0 aromatic heterocycles. The highest BCUT2D eigenvalue weighted by molar-refractivity contribution is 5.95. The highest BCUT2D eigenvalue weighted by Crippen LogP contribution is 2.58. The summed E-state index contributed by atoms with van der Waals surface area (Å²) < 4.78 is 4.85. The van der Waals surface area contributed by atoms with Gasteiger partial charge in [-0.15, -0.1) is 0 Å². The Morgan fingerprint density at radius 1 is 1.12 bits per heavy atom. The molecule has 0 unspecified atom stereocenters. The van der Waals surface area contributed by atoms with Crippen LogP contribution in [-0.2, 0) is 9.53 Å². The molecular formula is C22H29NO3. The van der Waals surface area contributed by atoms with E-state index >= 15 is 0 Å². The van der Waals surface area contributed by atoms with Crippen molar-refractivity contribution in [3.05, 3.63) is 35.4 Å². The van der Waals surface area contributed by atoms with Crippen LogP contribution in [0.25, 0.3) is 0 Å². The van der Waals surface area contributed by atoms with Crippen LogP contribution in [0.3, 0.4) is 0 Å². The van der Waals surface area contributed by atoms with Gasteiger partial charge in [0.15, 0.2) is 0 Å². The molecule has 0 spiro atoms. The minimum Gasteiger partial charge on any atom is -0.469 e. The van der Waals surface area contributed by atoms with E-state index in [1.54, 1.807) is 0 Å². The number of nitrogens with zero attached hydrogens (tertiary/aromatic N) is 1. The van der Waals surface area contributed by atoms with Gasteiger partial charge in [-0.1, -0.05) is 17.7 Å². The molecule has 0 N–H and O–H groups in total. The third-order valence-electron chi connectivity index (χ3n) is 6.86. The summed E-state index contributed by atoms with van der Waals surface area (Å²) in [7, 11) is 1.42. The largest absolute Gasteiger partial charge is 0.469 e. The number of carbonyl (C=O) groups is 2. The van der Waals surface area contributed by atoms with Gasteiger partial charge in [-0.3, -0.25) is 9.59 Å². The predicted molar refractivity (Wildman–Crippen MR) is 99.8 cm³/mol. The van der Waals surface area contributed by atoms with Gasteiger partial charge in [0.05, 0.1) is 13.5 Å². The second-order valence-corrected chi connectivity index (χ2v) is 8.79. The van der Waals surface area contributed by atoms with E-state index in [0.29, 0.717) is 6.54 Å². The van der Waals surface area contributed by atoms with E-state index in [-0.39, 0.29) is 23.8 Å². The monoisotopic (exact) mass is 355 g/mol. The number of ether oxygens (including phenoxy) is 1. The second kappa shape index (κ2) is 6.71. The fourth-order valence-corrected chi connectivity index (χ4v) is 6.19. The number of methoxy groups -OCH3 is 1. The highest BCUT2D eigenvalue weighted by atomic mass is 16.5. The summed E-state index contributed by atoms with van der Waals surface area (Å²) in [6, 6.07) is 7.83. The molecule has 1 aromatic carbocycles. The van der Waals surface area contributed by atoms with Crippen molar-refractivity contribution in [2.75, 3.05) is 13.7 Å². The number of benzene rings is 1. The Bertz CT molecular complexity index is 676. The van der Waals surface area contributed by atoms with Crippen molar-refractivity contribution in [1.29, 1.82) is 0 Å². The lowest BCUT2D eigenvalue weighted by Gasteiger charge is -2.60. The van der Waals surface area contributed by atoms with Crippen molar-refractivity contribution >= 4 is 11.9 Å². The Kier molecular flexibility index (Phi) is 4.54. The molecule has 0 heterocycles. The van der Waals surface area contributed by atoms with Gasteiger partial charge in [0.1, 0.15) is 0 Å². The molecule has 26 heavy (non-hydrogen) atoms. The van der Waals surface area contributed by atoms with Gasteiger partial charge in [0.2, 0.25) is 0 Å². The molecule has 4 bridgehead atoms. The maximum absolute atomic E-state index is 13.5. The van der Waals surface area contributed by atoms with Crippen molar-refractivity contribution in [2.45, 2.75) is 57.4 Å². The molecule has 0 radical (unpaired) electrons. The van der Waals surface area contributed by atoms with Gasteiger partial charge < -0.3 is 9.64 Å². The van der Waals surface area contributed by atoms with Crippen LogP contribution < -0.4 is 0 Å². The van der Waals surface area contributed by atoms with E-state index in [9.17, 15) is 9.59 Å². The maximum atomic E-state index is 13.5. The van der Waals surface area contributed by atoms with Crippen molar-refractivity contribution < 1.29 is 14.3 Å². The Labute approximate surface area is 155 Å². The number of rotatable bonds is 5. The summed E-state index contributed by atoms with van der Waals surface area (Å²) in [5, 5.41) is 0. The SMILES string of the molecule is COC(=O)CCN(C(=O)c1cccc(C)c1)C12CC3CC(CC(C3)C1)C2. The van der Waals surface area contributed by atoms with Gasteiger partial charge in [-0.25, -0.2) is 0 Å². The molecule has 0 saturated heterocycles. The van der Waals surface area contributed by atoms with Crippen LogP contribution in [0.4, 0.5) is 0 Å². The molecule has 140 valence electrons. The first-order chi connectivity index (χ1) is 12.5. The molecule has 4 nitrogen and oxygen atoms in total. The first-order valence-corrected chi connectivity index (χ1v) is 9.94. The minimum absolute atomic E-state index is 0.0520. The van der Waals surface area contributed by atoms with Crippen LogP contribution in [0, 0.1) is 24.7 Å². The van der Waals surface area contributed by atoms with E-state index in [2.05, 4.69) is 4.90 Å². The van der Waals surface area contributed by atoms with Gasteiger partial charge in [0.25, 0.3) is 5.91 Å². The summed E-state index contributed by atoms with van der Waals surface area (Å²) in [5.41, 5.74) is 1.78.